The van der Waals surface area contributed by atoms with E-state index in [0.717, 1.165) is 15.2 Å². The Kier molecular flexibility index (Phi) is 3.60. The van der Waals surface area contributed by atoms with Crippen molar-refractivity contribution in [3.63, 3.8) is 0 Å². The van der Waals surface area contributed by atoms with E-state index in [9.17, 15) is 4.79 Å². The van der Waals surface area contributed by atoms with Crippen LogP contribution in [0.25, 0.3) is 16.3 Å². The standard InChI is InChI=1S/C15H12N2O2S/c18-14(8-7-11-4-3-9-19-11)16-10-15-17-12-5-1-2-6-13(12)20-15/h1-9H,10H2,(H,16,18)/b8-7+. The van der Waals surface area contributed by atoms with Gasteiger partial charge in [-0.15, -0.1) is 11.3 Å². The molecule has 1 aromatic carbocycles. The van der Waals surface area contributed by atoms with Crippen molar-refractivity contribution in [1.29, 1.82) is 0 Å². The molecular weight excluding hydrogens is 272 g/mol. The monoisotopic (exact) mass is 284 g/mol. The molecule has 20 heavy (non-hydrogen) atoms. The summed E-state index contributed by atoms with van der Waals surface area (Å²) in [5.41, 5.74) is 0.966. The van der Waals surface area contributed by atoms with Gasteiger partial charge in [-0.3, -0.25) is 4.79 Å². The van der Waals surface area contributed by atoms with Crippen molar-refractivity contribution in [3.8, 4) is 0 Å². The summed E-state index contributed by atoms with van der Waals surface area (Å²) >= 11 is 1.59. The molecule has 100 valence electrons. The predicted octanol–water partition coefficient (Wildman–Crippen LogP) is 3.22. The summed E-state index contributed by atoms with van der Waals surface area (Å²) in [7, 11) is 0. The number of carbonyl (C=O) groups is 1. The zero-order valence-corrected chi connectivity index (χ0v) is 11.4. The van der Waals surface area contributed by atoms with Gasteiger partial charge in [-0.1, -0.05) is 12.1 Å². The number of thiazole rings is 1. The van der Waals surface area contributed by atoms with E-state index in [1.807, 2.05) is 24.3 Å². The Morgan fingerprint density at radius 2 is 2.20 bits per heavy atom. The van der Waals surface area contributed by atoms with Crippen molar-refractivity contribution < 1.29 is 9.21 Å². The maximum atomic E-state index is 11.7. The van der Waals surface area contributed by atoms with E-state index < -0.39 is 0 Å². The van der Waals surface area contributed by atoms with Crippen LogP contribution in [0.3, 0.4) is 0 Å². The van der Waals surface area contributed by atoms with Gasteiger partial charge < -0.3 is 9.73 Å². The molecule has 3 rings (SSSR count). The Labute approximate surface area is 119 Å². The third-order valence-electron chi connectivity index (χ3n) is 2.69. The number of para-hydroxylation sites is 1. The minimum absolute atomic E-state index is 0.166. The number of furan rings is 1. The van der Waals surface area contributed by atoms with Gasteiger partial charge in [0.15, 0.2) is 0 Å². The zero-order valence-electron chi connectivity index (χ0n) is 10.6. The highest BCUT2D eigenvalue weighted by Gasteiger charge is 2.04. The van der Waals surface area contributed by atoms with Crippen LogP contribution >= 0.6 is 11.3 Å². The maximum absolute atomic E-state index is 11.7. The summed E-state index contributed by atoms with van der Waals surface area (Å²) < 4.78 is 6.24. The van der Waals surface area contributed by atoms with Crippen molar-refractivity contribution in [2.45, 2.75) is 6.54 Å². The number of fused-ring (bicyclic) bond motifs is 1. The number of benzene rings is 1. The second kappa shape index (κ2) is 5.71. The molecule has 1 amide bonds. The molecule has 0 saturated carbocycles. The summed E-state index contributed by atoms with van der Waals surface area (Å²) in [5.74, 6) is 0.487. The van der Waals surface area contributed by atoms with E-state index in [4.69, 9.17) is 4.42 Å². The van der Waals surface area contributed by atoms with E-state index in [1.54, 1.807) is 35.8 Å². The lowest BCUT2D eigenvalue weighted by atomic mass is 10.3. The minimum atomic E-state index is -0.166. The lowest BCUT2D eigenvalue weighted by molar-refractivity contribution is -0.116. The first kappa shape index (κ1) is 12.6. The van der Waals surface area contributed by atoms with E-state index in [-0.39, 0.29) is 5.91 Å². The SMILES string of the molecule is O=C(/C=C/c1ccco1)NCc1nc2ccccc2s1. The second-order valence-corrected chi connectivity index (χ2v) is 5.26. The fraction of sp³-hybridized carbons (Fsp3) is 0.0667. The summed E-state index contributed by atoms with van der Waals surface area (Å²) in [5, 5.41) is 3.70. The van der Waals surface area contributed by atoms with Gasteiger partial charge in [0.2, 0.25) is 5.91 Å². The molecule has 0 saturated heterocycles. The molecule has 0 spiro atoms. The third-order valence-corrected chi connectivity index (χ3v) is 3.73. The molecule has 2 aromatic heterocycles. The number of aromatic nitrogens is 1. The maximum Gasteiger partial charge on any atom is 0.244 e. The molecule has 2 heterocycles. The Hall–Kier alpha value is -2.40. The first-order valence-electron chi connectivity index (χ1n) is 6.15. The van der Waals surface area contributed by atoms with Gasteiger partial charge in [0.05, 0.1) is 23.0 Å². The average Bonchev–Trinajstić information content (AvgIpc) is 3.11. The van der Waals surface area contributed by atoms with Crippen molar-refractivity contribution in [2.24, 2.45) is 0 Å². The summed E-state index contributed by atoms with van der Waals surface area (Å²) in [6.07, 6.45) is 4.65. The van der Waals surface area contributed by atoms with E-state index >= 15 is 0 Å². The first-order chi connectivity index (χ1) is 9.81. The number of nitrogens with zero attached hydrogens (tertiary/aromatic N) is 1. The molecule has 3 aromatic rings. The van der Waals surface area contributed by atoms with Crippen LogP contribution in [0.4, 0.5) is 0 Å². The number of nitrogens with one attached hydrogen (secondary N) is 1. The van der Waals surface area contributed by atoms with Crippen LogP contribution in [0, 0.1) is 0 Å². The van der Waals surface area contributed by atoms with Crippen molar-refractivity contribution >= 4 is 33.5 Å². The van der Waals surface area contributed by atoms with Gasteiger partial charge in [0.25, 0.3) is 0 Å². The summed E-state index contributed by atoms with van der Waals surface area (Å²) in [6, 6.07) is 11.5. The Morgan fingerprint density at radius 3 is 3.00 bits per heavy atom. The Morgan fingerprint density at radius 1 is 1.30 bits per heavy atom. The first-order valence-corrected chi connectivity index (χ1v) is 6.97. The molecule has 0 fully saturated rings. The molecule has 0 unspecified atom stereocenters. The highest BCUT2D eigenvalue weighted by Crippen LogP contribution is 2.21. The highest BCUT2D eigenvalue weighted by molar-refractivity contribution is 7.18. The molecule has 1 N–H and O–H groups in total. The molecule has 0 aliphatic heterocycles. The van der Waals surface area contributed by atoms with Crippen LogP contribution in [-0.2, 0) is 11.3 Å². The van der Waals surface area contributed by atoms with Gasteiger partial charge in [-0.2, -0.15) is 0 Å². The van der Waals surface area contributed by atoms with Gasteiger partial charge in [0, 0.05) is 6.08 Å². The quantitative estimate of drug-likeness (QED) is 0.748. The molecule has 0 atom stereocenters. The minimum Gasteiger partial charge on any atom is -0.465 e. The highest BCUT2D eigenvalue weighted by atomic mass is 32.1. The van der Waals surface area contributed by atoms with Crippen LogP contribution in [0.15, 0.2) is 53.2 Å². The number of rotatable bonds is 4. The lowest BCUT2D eigenvalue weighted by Gasteiger charge is -1.97. The Balaban J connectivity index is 1.60. The van der Waals surface area contributed by atoms with E-state index in [0.29, 0.717) is 12.3 Å². The summed E-state index contributed by atoms with van der Waals surface area (Å²) in [6.45, 7) is 0.431. The fourth-order valence-electron chi connectivity index (χ4n) is 1.76. The normalized spacial score (nSPS) is 11.2. The van der Waals surface area contributed by atoms with Gasteiger partial charge in [-0.25, -0.2) is 4.98 Å². The van der Waals surface area contributed by atoms with Gasteiger partial charge >= 0.3 is 0 Å². The predicted molar refractivity (Wildman–Crippen MR) is 79.2 cm³/mol. The molecule has 4 nitrogen and oxygen atoms in total. The van der Waals surface area contributed by atoms with E-state index in [1.165, 1.54) is 6.08 Å². The largest absolute Gasteiger partial charge is 0.465 e. The summed E-state index contributed by atoms with van der Waals surface area (Å²) in [4.78, 5) is 16.1. The van der Waals surface area contributed by atoms with Crippen LogP contribution in [-0.4, -0.2) is 10.9 Å². The topological polar surface area (TPSA) is 55.1 Å². The molecular formula is C15H12N2O2S. The lowest BCUT2D eigenvalue weighted by Crippen LogP contribution is -2.19. The number of hydrogen-bond acceptors (Lipinski definition) is 4. The molecule has 0 aliphatic rings. The van der Waals surface area contributed by atoms with Gasteiger partial charge in [0.1, 0.15) is 10.8 Å². The van der Waals surface area contributed by atoms with Crippen molar-refractivity contribution in [3.05, 3.63) is 59.5 Å². The fourth-order valence-corrected chi connectivity index (χ4v) is 2.67. The number of hydrogen-bond donors (Lipinski definition) is 1. The molecule has 0 bridgehead atoms. The van der Waals surface area contributed by atoms with Crippen LogP contribution in [0.5, 0.6) is 0 Å². The molecule has 0 aliphatic carbocycles. The number of amides is 1. The average molecular weight is 284 g/mol. The third kappa shape index (κ3) is 2.95. The van der Waals surface area contributed by atoms with Crippen LogP contribution in [0.2, 0.25) is 0 Å². The second-order valence-electron chi connectivity index (χ2n) is 4.14. The Bertz CT molecular complexity index is 711. The van der Waals surface area contributed by atoms with E-state index in [2.05, 4.69) is 10.3 Å². The van der Waals surface area contributed by atoms with Crippen molar-refractivity contribution in [2.75, 3.05) is 0 Å². The number of carbonyl (C=O) groups excluding carboxylic acids is 1. The molecule has 0 radical (unpaired) electrons. The molecule has 5 heteroatoms. The van der Waals surface area contributed by atoms with Crippen molar-refractivity contribution in [1.82, 2.24) is 10.3 Å². The van der Waals surface area contributed by atoms with Gasteiger partial charge in [-0.05, 0) is 30.3 Å². The zero-order chi connectivity index (χ0) is 13.8. The van der Waals surface area contributed by atoms with Crippen LogP contribution in [0.1, 0.15) is 10.8 Å². The van der Waals surface area contributed by atoms with Crippen LogP contribution < -0.4 is 5.32 Å². The smallest absolute Gasteiger partial charge is 0.244 e.